The van der Waals surface area contributed by atoms with Crippen LogP contribution in [0.3, 0.4) is 0 Å². The van der Waals surface area contributed by atoms with E-state index in [2.05, 4.69) is 10.5 Å². The number of halogens is 1. The van der Waals surface area contributed by atoms with Crippen molar-refractivity contribution in [3.8, 4) is 0 Å². The van der Waals surface area contributed by atoms with E-state index in [0.29, 0.717) is 22.5 Å². The lowest BCUT2D eigenvalue weighted by Gasteiger charge is -2.11. The van der Waals surface area contributed by atoms with Crippen molar-refractivity contribution < 1.29 is 4.79 Å². The van der Waals surface area contributed by atoms with Crippen LogP contribution in [0, 0.1) is 6.92 Å². The second-order valence-electron chi connectivity index (χ2n) is 5.90. The van der Waals surface area contributed by atoms with E-state index in [4.69, 9.17) is 11.6 Å². The van der Waals surface area contributed by atoms with Gasteiger partial charge in [0.05, 0.1) is 11.7 Å². The summed E-state index contributed by atoms with van der Waals surface area (Å²) >= 11 is 6.04. The number of carbonyl (C=O) groups excluding carboxylic acids is 1. The number of aromatic nitrogens is 1. The summed E-state index contributed by atoms with van der Waals surface area (Å²) in [7, 11) is 0. The number of aryl methyl sites for hydroxylation is 2. The normalized spacial score (nSPS) is 11.2. The summed E-state index contributed by atoms with van der Waals surface area (Å²) in [5.74, 6) is -0.552. The van der Waals surface area contributed by atoms with Gasteiger partial charge >= 0.3 is 0 Å². The van der Waals surface area contributed by atoms with E-state index >= 15 is 0 Å². The van der Waals surface area contributed by atoms with Crippen LogP contribution in [0.25, 0.3) is 10.9 Å². The Morgan fingerprint density at radius 1 is 1.27 bits per heavy atom. The molecule has 0 fully saturated rings. The van der Waals surface area contributed by atoms with Gasteiger partial charge < -0.3 is 4.57 Å². The molecule has 0 saturated carbocycles. The minimum absolute atomic E-state index is 0.0567. The fourth-order valence-electron chi connectivity index (χ4n) is 2.74. The lowest BCUT2D eigenvalue weighted by atomic mass is 10.1. The number of rotatable bonds is 4. The number of hydrogen-bond acceptors (Lipinski definition) is 3. The molecule has 3 aromatic rings. The van der Waals surface area contributed by atoms with Gasteiger partial charge in [-0.15, -0.1) is 0 Å². The first-order chi connectivity index (χ1) is 12.5. The van der Waals surface area contributed by atoms with E-state index in [-0.39, 0.29) is 11.0 Å². The van der Waals surface area contributed by atoms with E-state index in [1.807, 2.05) is 42.7 Å². The predicted molar refractivity (Wildman–Crippen MR) is 105 cm³/mol. The summed E-state index contributed by atoms with van der Waals surface area (Å²) in [5.41, 5.74) is 4.60. The van der Waals surface area contributed by atoms with Crippen LogP contribution in [-0.4, -0.2) is 16.7 Å². The molecule has 0 aliphatic carbocycles. The minimum Gasteiger partial charge on any atom is -0.347 e. The third kappa shape index (κ3) is 3.53. The van der Waals surface area contributed by atoms with Crippen molar-refractivity contribution in [2.75, 3.05) is 0 Å². The standard InChI is InChI=1S/C20H18ClN3O2/c1-3-24-12-16(19(25)15-10-13(2)8-9-18(15)24)20(26)23-22-11-14-6-4-5-7-17(14)21/h4-12H,3H2,1-2H3,(H,23,26)/b22-11-. The van der Waals surface area contributed by atoms with Crippen LogP contribution >= 0.6 is 11.6 Å². The topological polar surface area (TPSA) is 63.5 Å². The fourth-order valence-corrected chi connectivity index (χ4v) is 2.92. The van der Waals surface area contributed by atoms with E-state index in [9.17, 15) is 9.59 Å². The van der Waals surface area contributed by atoms with Crippen molar-refractivity contribution in [2.45, 2.75) is 20.4 Å². The number of benzene rings is 2. The van der Waals surface area contributed by atoms with Crippen LogP contribution in [0.4, 0.5) is 0 Å². The molecule has 5 nitrogen and oxygen atoms in total. The second kappa shape index (κ2) is 7.54. The van der Waals surface area contributed by atoms with E-state index in [0.717, 1.165) is 11.1 Å². The smallest absolute Gasteiger partial charge is 0.276 e. The molecule has 26 heavy (non-hydrogen) atoms. The number of hydrazone groups is 1. The lowest BCUT2D eigenvalue weighted by Crippen LogP contribution is -2.26. The van der Waals surface area contributed by atoms with Crippen molar-refractivity contribution in [2.24, 2.45) is 5.10 Å². The molecule has 0 atom stereocenters. The monoisotopic (exact) mass is 367 g/mol. The largest absolute Gasteiger partial charge is 0.347 e. The Balaban J connectivity index is 1.94. The van der Waals surface area contributed by atoms with Gasteiger partial charge in [-0.05, 0) is 32.0 Å². The Hall–Kier alpha value is -2.92. The Labute approximate surface area is 155 Å². The van der Waals surface area contributed by atoms with Crippen LogP contribution in [0.2, 0.25) is 5.02 Å². The second-order valence-corrected chi connectivity index (χ2v) is 6.31. The number of amides is 1. The number of nitrogens with one attached hydrogen (secondary N) is 1. The number of pyridine rings is 1. The molecule has 0 spiro atoms. The SMILES string of the molecule is CCn1cc(C(=O)N/N=C\c2ccccc2Cl)c(=O)c2cc(C)ccc21. The fraction of sp³-hybridized carbons (Fsp3) is 0.150. The van der Waals surface area contributed by atoms with Gasteiger partial charge in [-0.2, -0.15) is 5.10 Å². The maximum atomic E-state index is 12.7. The maximum absolute atomic E-state index is 12.7. The molecule has 0 radical (unpaired) electrons. The van der Waals surface area contributed by atoms with Crippen molar-refractivity contribution in [1.82, 2.24) is 9.99 Å². The highest BCUT2D eigenvalue weighted by Gasteiger charge is 2.14. The van der Waals surface area contributed by atoms with E-state index in [1.165, 1.54) is 6.21 Å². The summed E-state index contributed by atoms with van der Waals surface area (Å²) in [5, 5.41) is 4.97. The zero-order valence-corrected chi connectivity index (χ0v) is 15.2. The Morgan fingerprint density at radius 3 is 2.77 bits per heavy atom. The van der Waals surface area contributed by atoms with Gasteiger partial charge in [0.15, 0.2) is 0 Å². The molecule has 1 amide bonds. The zero-order chi connectivity index (χ0) is 18.7. The molecular weight excluding hydrogens is 350 g/mol. The Bertz CT molecular complexity index is 1070. The van der Waals surface area contributed by atoms with E-state index in [1.54, 1.807) is 24.4 Å². The molecule has 0 bridgehead atoms. The van der Waals surface area contributed by atoms with Crippen molar-refractivity contribution in [3.63, 3.8) is 0 Å². The van der Waals surface area contributed by atoms with Crippen LogP contribution in [0.15, 0.2) is 58.6 Å². The highest BCUT2D eigenvalue weighted by molar-refractivity contribution is 6.33. The minimum atomic E-state index is -0.552. The third-order valence-corrected chi connectivity index (χ3v) is 4.44. The highest BCUT2D eigenvalue weighted by Crippen LogP contribution is 2.14. The predicted octanol–water partition coefficient (Wildman–Crippen LogP) is 3.75. The van der Waals surface area contributed by atoms with E-state index < -0.39 is 5.91 Å². The maximum Gasteiger partial charge on any atom is 0.276 e. The van der Waals surface area contributed by atoms with Crippen LogP contribution in [0.5, 0.6) is 0 Å². The van der Waals surface area contributed by atoms with Crippen LogP contribution in [0.1, 0.15) is 28.4 Å². The van der Waals surface area contributed by atoms with Gasteiger partial charge in [0, 0.05) is 28.7 Å². The molecule has 1 N–H and O–H groups in total. The first kappa shape index (κ1) is 17.9. The molecule has 2 aromatic carbocycles. The summed E-state index contributed by atoms with van der Waals surface area (Å²) in [6.07, 6.45) is 3.02. The zero-order valence-electron chi connectivity index (χ0n) is 14.5. The molecule has 6 heteroatoms. The Morgan fingerprint density at radius 2 is 2.04 bits per heavy atom. The number of hydrogen-bond donors (Lipinski definition) is 1. The molecule has 0 aliphatic heterocycles. The molecule has 0 unspecified atom stereocenters. The molecule has 1 heterocycles. The molecule has 3 rings (SSSR count). The number of fused-ring (bicyclic) bond motifs is 1. The Kier molecular flexibility index (Phi) is 5.19. The number of carbonyl (C=O) groups is 1. The van der Waals surface area contributed by atoms with Crippen molar-refractivity contribution in [3.05, 3.63) is 80.6 Å². The molecular formula is C20H18ClN3O2. The van der Waals surface area contributed by atoms with Crippen molar-refractivity contribution >= 4 is 34.6 Å². The average molecular weight is 368 g/mol. The van der Waals surface area contributed by atoms with Gasteiger partial charge in [0.2, 0.25) is 5.43 Å². The summed E-state index contributed by atoms with van der Waals surface area (Å²) < 4.78 is 1.88. The van der Waals surface area contributed by atoms with Gasteiger partial charge in [0.25, 0.3) is 5.91 Å². The molecule has 0 saturated heterocycles. The lowest BCUT2D eigenvalue weighted by molar-refractivity contribution is 0.0953. The number of nitrogens with zero attached hydrogens (tertiary/aromatic N) is 2. The summed E-state index contributed by atoms with van der Waals surface area (Å²) in [6.45, 7) is 4.51. The van der Waals surface area contributed by atoms with Crippen molar-refractivity contribution in [1.29, 1.82) is 0 Å². The highest BCUT2D eigenvalue weighted by atomic mass is 35.5. The van der Waals surface area contributed by atoms with Gasteiger partial charge in [-0.1, -0.05) is 41.4 Å². The molecule has 0 aliphatic rings. The first-order valence-electron chi connectivity index (χ1n) is 8.23. The molecule has 132 valence electrons. The van der Waals surface area contributed by atoms with Gasteiger partial charge in [0.1, 0.15) is 5.56 Å². The first-order valence-corrected chi connectivity index (χ1v) is 8.60. The van der Waals surface area contributed by atoms with Crippen LogP contribution in [-0.2, 0) is 6.54 Å². The average Bonchev–Trinajstić information content (AvgIpc) is 2.64. The van der Waals surface area contributed by atoms with Gasteiger partial charge in [-0.25, -0.2) is 5.43 Å². The third-order valence-electron chi connectivity index (χ3n) is 4.10. The summed E-state index contributed by atoms with van der Waals surface area (Å²) in [6, 6.07) is 12.8. The quantitative estimate of drug-likeness (QED) is 0.564. The summed E-state index contributed by atoms with van der Waals surface area (Å²) in [4.78, 5) is 25.2. The van der Waals surface area contributed by atoms with Gasteiger partial charge in [-0.3, -0.25) is 9.59 Å². The van der Waals surface area contributed by atoms with Crippen LogP contribution < -0.4 is 10.9 Å². The molecule has 1 aromatic heterocycles.